The molecule has 0 spiro atoms. The predicted octanol–water partition coefficient (Wildman–Crippen LogP) is 4.48. The molecule has 0 saturated carbocycles. The Morgan fingerprint density at radius 3 is 2.74 bits per heavy atom. The Morgan fingerprint density at radius 1 is 1.29 bits per heavy atom. The van der Waals surface area contributed by atoms with Crippen LogP contribution >= 0.6 is 0 Å². The van der Waals surface area contributed by atoms with E-state index in [1.165, 1.54) is 17.3 Å². The van der Waals surface area contributed by atoms with Gasteiger partial charge in [0.15, 0.2) is 5.82 Å². The molecule has 2 aliphatic rings. The van der Waals surface area contributed by atoms with Gasteiger partial charge in [-0.1, -0.05) is 31.9 Å². The molecule has 0 atom stereocenters. The van der Waals surface area contributed by atoms with Gasteiger partial charge in [0.25, 0.3) is 5.91 Å². The van der Waals surface area contributed by atoms with Crippen LogP contribution in [0.15, 0.2) is 30.5 Å². The van der Waals surface area contributed by atoms with E-state index in [1.54, 1.807) is 7.11 Å². The maximum atomic E-state index is 13.0. The number of H-pyrrole nitrogens is 1. The van der Waals surface area contributed by atoms with Crippen molar-refractivity contribution in [2.24, 2.45) is 5.41 Å². The molecule has 186 valence electrons. The Balaban J connectivity index is 1.70. The summed E-state index contributed by atoms with van der Waals surface area (Å²) in [7, 11) is 1.72. The third-order valence-corrected chi connectivity index (χ3v) is 7.20. The van der Waals surface area contributed by atoms with E-state index in [0.717, 1.165) is 49.9 Å². The van der Waals surface area contributed by atoms with Gasteiger partial charge in [0.05, 0.1) is 12.8 Å². The van der Waals surface area contributed by atoms with Crippen LogP contribution in [0.3, 0.4) is 0 Å². The highest BCUT2D eigenvalue weighted by atomic mass is 16.5. The molecule has 0 radical (unpaired) electrons. The van der Waals surface area contributed by atoms with Crippen LogP contribution in [0.4, 0.5) is 5.69 Å². The SMILES string of the molecule is C#Cc1cnc(C(=O)Nc2ccc(C3(NCCOC)CCOCC3)cc2C2=CCC(C)(C)CC2)[nH]1. The second kappa shape index (κ2) is 10.8. The molecule has 1 fully saturated rings. The largest absolute Gasteiger partial charge is 0.383 e. The number of terminal acetylenes is 1. The fourth-order valence-corrected chi connectivity index (χ4v) is 4.91. The van der Waals surface area contributed by atoms with Crippen LogP contribution in [-0.4, -0.2) is 49.4 Å². The van der Waals surface area contributed by atoms with Crippen molar-refractivity contribution in [3.8, 4) is 12.3 Å². The number of amides is 1. The molecule has 1 aromatic heterocycles. The number of nitrogens with one attached hydrogen (secondary N) is 3. The van der Waals surface area contributed by atoms with Crippen LogP contribution in [0.25, 0.3) is 5.57 Å². The number of ether oxygens (including phenoxy) is 2. The molecule has 35 heavy (non-hydrogen) atoms. The standard InChI is InChI=1S/C28H36N4O3/c1-5-22-19-29-25(31-22)26(33)32-24-7-6-21(18-23(24)20-8-10-27(2,3)11-9-20)28(30-14-17-34-4)12-15-35-16-13-28/h1,6-8,18-19,30H,9-17H2,2-4H3,(H,29,31)(H,32,33). The summed E-state index contributed by atoms with van der Waals surface area (Å²) in [6.07, 6.45) is 14.1. The molecule has 1 amide bonds. The van der Waals surface area contributed by atoms with Gasteiger partial charge in [-0.05, 0) is 60.8 Å². The Hall–Kier alpha value is -2.92. The zero-order chi connectivity index (χ0) is 24.9. The minimum Gasteiger partial charge on any atom is -0.383 e. The monoisotopic (exact) mass is 476 g/mol. The number of anilines is 1. The normalized spacial score (nSPS) is 19.0. The van der Waals surface area contributed by atoms with Crippen molar-refractivity contribution < 1.29 is 14.3 Å². The molecule has 7 nitrogen and oxygen atoms in total. The molecule has 1 saturated heterocycles. The molecule has 1 aliphatic heterocycles. The summed E-state index contributed by atoms with van der Waals surface area (Å²) in [6, 6.07) is 6.38. The van der Waals surface area contributed by atoms with Gasteiger partial charge in [-0.15, -0.1) is 6.42 Å². The lowest BCUT2D eigenvalue weighted by Crippen LogP contribution is -2.48. The fourth-order valence-electron chi connectivity index (χ4n) is 4.91. The van der Waals surface area contributed by atoms with Crippen LogP contribution in [0.2, 0.25) is 0 Å². The number of hydrogen-bond donors (Lipinski definition) is 3. The highest BCUT2D eigenvalue weighted by molar-refractivity contribution is 6.03. The number of aromatic amines is 1. The topological polar surface area (TPSA) is 88.3 Å². The minimum atomic E-state index is -0.309. The number of carbonyl (C=O) groups is 1. The third-order valence-electron chi connectivity index (χ3n) is 7.20. The number of methoxy groups -OCH3 is 1. The number of nitrogens with zero attached hydrogens (tertiary/aromatic N) is 1. The number of allylic oxidation sites excluding steroid dienone is 2. The first-order valence-electron chi connectivity index (χ1n) is 12.3. The van der Waals surface area contributed by atoms with E-state index in [0.29, 0.717) is 25.5 Å². The second-order valence-electron chi connectivity index (χ2n) is 10.2. The number of aromatic nitrogens is 2. The molecular weight excluding hydrogens is 440 g/mol. The third kappa shape index (κ3) is 5.84. The van der Waals surface area contributed by atoms with E-state index in [4.69, 9.17) is 15.9 Å². The van der Waals surface area contributed by atoms with Crippen LogP contribution in [0.1, 0.15) is 73.4 Å². The number of hydrogen-bond acceptors (Lipinski definition) is 5. The maximum Gasteiger partial charge on any atom is 0.291 e. The van der Waals surface area contributed by atoms with Gasteiger partial charge in [-0.3, -0.25) is 4.79 Å². The van der Waals surface area contributed by atoms with Gasteiger partial charge in [0.1, 0.15) is 5.69 Å². The van der Waals surface area contributed by atoms with Crippen molar-refractivity contribution in [3.05, 3.63) is 53.1 Å². The molecule has 2 heterocycles. The average molecular weight is 477 g/mol. The lowest BCUT2D eigenvalue weighted by Gasteiger charge is -2.39. The molecule has 0 bridgehead atoms. The second-order valence-corrected chi connectivity index (χ2v) is 10.2. The molecular formula is C28H36N4O3. The minimum absolute atomic E-state index is 0.189. The zero-order valence-corrected chi connectivity index (χ0v) is 21.0. The molecule has 2 aromatic rings. The van der Waals surface area contributed by atoms with Gasteiger partial charge in [-0.2, -0.15) is 0 Å². The zero-order valence-electron chi connectivity index (χ0n) is 21.0. The van der Waals surface area contributed by atoms with Crippen LogP contribution < -0.4 is 10.6 Å². The van der Waals surface area contributed by atoms with E-state index in [2.05, 4.69) is 58.6 Å². The average Bonchev–Trinajstić information content (AvgIpc) is 3.35. The summed E-state index contributed by atoms with van der Waals surface area (Å²) < 4.78 is 11.0. The number of benzene rings is 1. The Bertz CT molecular complexity index is 1120. The van der Waals surface area contributed by atoms with Crippen molar-refractivity contribution >= 4 is 17.2 Å². The summed E-state index contributed by atoms with van der Waals surface area (Å²) in [5.74, 6) is 2.37. The first-order valence-corrected chi connectivity index (χ1v) is 12.3. The molecule has 0 unspecified atom stereocenters. The van der Waals surface area contributed by atoms with Crippen molar-refractivity contribution in [1.29, 1.82) is 0 Å². The Labute approximate surface area is 208 Å². The Kier molecular flexibility index (Phi) is 7.75. The lowest BCUT2D eigenvalue weighted by molar-refractivity contribution is 0.0336. The molecule has 3 N–H and O–H groups in total. The summed E-state index contributed by atoms with van der Waals surface area (Å²) in [6.45, 7) is 7.43. The summed E-state index contributed by atoms with van der Waals surface area (Å²) >= 11 is 0. The van der Waals surface area contributed by atoms with E-state index in [1.807, 2.05) is 6.07 Å². The van der Waals surface area contributed by atoms with Crippen molar-refractivity contribution in [2.75, 3.05) is 38.8 Å². The van der Waals surface area contributed by atoms with Gasteiger partial charge in [0, 0.05) is 43.7 Å². The summed E-state index contributed by atoms with van der Waals surface area (Å²) in [5.41, 5.74) is 4.90. The molecule has 7 heteroatoms. The van der Waals surface area contributed by atoms with Crippen molar-refractivity contribution in [2.45, 2.75) is 51.5 Å². The van der Waals surface area contributed by atoms with Crippen LogP contribution in [-0.2, 0) is 15.0 Å². The van der Waals surface area contributed by atoms with Crippen molar-refractivity contribution in [3.63, 3.8) is 0 Å². The summed E-state index contributed by atoms with van der Waals surface area (Å²) in [4.78, 5) is 20.0. The number of carbonyl (C=O) groups excluding carboxylic acids is 1. The smallest absolute Gasteiger partial charge is 0.291 e. The van der Waals surface area contributed by atoms with Crippen molar-refractivity contribution in [1.82, 2.24) is 15.3 Å². The maximum absolute atomic E-state index is 13.0. The first-order chi connectivity index (χ1) is 16.9. The quantitative estimate of drug-likeness (QED) is 0.386. The van der Waals surface area contributed by atoms with Gasteiger partial charge in [-0.25, -0.2) is 4.98 Å². The highest BCUT2D eigenvalue weighted by Crippen LogP contribution is 2.42. The molecule has 1 aromatic carbocycles. The number of imidazole rings is 1. The van der Waals surface area contributed by atoms with Gasteiger partial charge < -0.3 is 25.1 Å². The fraction of sp³-hybridized carbons (Fsp3) is 0.500. The molecule has 1 aliphatic carbocycles. The molecule has 4 rings (SSSR count). The lowest BCUT2D eigenvalue weighted by atomic mass is 9.75. The van der Waals surface area contributed by atoms with Gasteiger partial charge in [0.2, 0.25) is 0 Å². The van der Waals surface area contributed by atoms with E-state index in [9.17, 15) is 4.79 Å². The predicted molar refractivity (Wildman–Crippen MR) is 138 cm³/mol. The number of rotatable bonds is 8. The van der Waals surface area contributed by atoms with Crippen LogP contribution in [0.5, 0.6) is 0 Å². The van der Waals surface area contributed by atoms with E-state index < -0.39 is 0 Å². The van der Waals surface area contributed by atoms with E-state index in [-0.39, 0.29) is 22.7 Å². The van der Waals surface area contributed by atoms with E-state index >= 15 is 0 Å². The Morgan fingerprint density at radius 2 is 2.09 bits per heavy atom. The highest BCUT2D eigenvalue weighted by Gasteiger charge is 2.35. The first kappa shape index (κ1) is 25.2. The van der Waals surface area contributed by atoms with Gasteiger partial charge >= 0.3 is 0 Å². The van der Waals surface area contributed by atoms with Crippen LogP contribution in [0, 0.1) is 17.8 Å². The summed E-state index contributed by atoms with van der Waals surface area (Å²) in [5, 5.41) is 6.82.